The van der Waals surface area contributed by atoms with E-state index in [0.29, 0.717) is 22.3 Å². The van der Waals surface area contributed by atoms with Crippen molar-refractivity contribution in [1.29, 1.82) is 5.26 Å². The van der Waals surface area contributed by atoms with Crippen LogP contribution in [0.2, 0.25) is 5.02 Å². The van der Waals surface area contributed by atoms with Crippen LogP contribution in [0.4, 0.5) is 0 Å². The normalized spacial score (nSPS) is 10.7. The van der Waals surface area contributed by atoms with Gasteiger partial charge >= 0.3 is 0 Å². The standard InChI is InChI=1S/C21H15ClN4O/c1-13-11-26(12-24-13)21-17-7-6-16(27-2)9-18(17)20(19(10-23)25-21)14-4-3-5-15(22)8-14/h3-9,11-12H,1-2H3. The monoisotopic (exact) mass is 374 g/mol. The van der Waals surface area contributed by atoms with Crippen LogP contribution in [-0.4, -0.2) is 21.6 Å². The van der Waals surface area contributed by atoms with Gasteiger partial charge in [-0.25, -0.2) is 9.97 Å². The second-order valence-corrected chi connectivity index (χ2v) is 6.55. The SMILES string of the molecule is COc1ccc2c(-n3cnc(C)c3)nc(C#N)c(-c3cccc(Cl)c3)c2c1. The molecule has 0 atom stereocenters. The molecule has 0 fully saturated rings. The van der Waals surface area contributed by atoms with Crippen molar-refractivity contribution in [2.45, 2.75) is 6.92 Å². The fourth-order valence-corrected chi connectivity index (χ4v) is 3.34. The number of nitriles is 1. The van der Waals surface area contributed by atoms with Crippen molar-refractivity contribution in [3.05, 3.63) is 71.4 Å². The molecule has 0 amide bonds. The first-order valence-electron chi connectivity index (χ1n) is 8.29. The van der Waals surface area contributed by atoms with Gasteiger partial charge < -0.3 is 4.74 Å². The third-order valence-corrected chi connectivity index (χ3v) is 4.60. The van der Waals surface area contributed by atoms with E-state index in [-0.39, 0.29) is 0 Å². The van der Waals surface area contributed by atoms with Crippen molar-refractivity contribution >= 4 is 22.4 Å². The quantitative estimate of drug-likeness (QED) is 0.510. The number of aryl methyl sites for hydroxylation is 1. The number of nitrogens with zero attached hydrogens (tertiary/aromatic N) is 4. The summed E-state index contributed by atoms with van der Waals surface area (Å²) in [7, 11) is 1.62. The van der Waals surface area contributed by atoms with Gasteiger partial charge in [0.05, 0.1) is 12.8 Å². The lowest BCUT2D eigenvalue weighted by molar-refractivity contribution is 0.415. The van der Waals surface area contributed by atoms with Gasteiger partial charge in [0.2, 0.25) is 0 Å². The summed E-state index contributed by atoms with van der Waals surface area (Å²) in [5, 5.41) is 12.2. The van der Waals surface area contributed by atoms with Crippen molar-refractivity contribution in [1.82, 2.24) is 14.5 Å². The molecule has 0 saturated carbocycles. The van der Waals surface area contributed by atoms with Gasteiger partial charge in [0.15, 0.2) is 5.69 Å². The Bertz CT molecular complexity index is 1210. The number of rotatable bonds is 3. The predicted molar refractivity (Wildman–Crippen MR) is 105 cm³/mol. The molecule has 0 spiro atoms. The summed E-state index contributed by atoms with van der Waals surface area (Å²) >= 11 is 6.19. The van der Waals surface area contributed by atoms with E-state index >= 15 is 0 Å². The van der Waals surface area contributed by atoms with E-state index in [0.717, 1.165) is 27.6 Å². The first kappa shape index (κ1) is 17.1. The van der Waals surface area contributed by atoms with E-state index in [9.17, 15) is 5.26 Å². The van der Waals surface area contributed by atoms with Gasteiger partial charge in [-0.2, -0.15) is 5.26 Å². The highest BCUT2D eigenvalue weighted by Crippen LogP contribution is 2.36. The Labute approximate surface area is 161 Å². The number of hydrogen-bond donors (Lipinski definition) is 0. The largest absolute Gasteiger partial charge is 0.497 e. The van der Waals surface area contributed by atoms with E-state index in [2.05, 4.69) is 16.0 Å². The molecule has 0 unspecified atom stereocenters. The molecular formula is C21H15ClN4O. The zero-order valence-corrected chi connectivity index (χ0v) is 15.5. The molecule has 2 aromatic heterocycles. The molecule has 2 heterocycles. The lowest BCUT2D eigenvalue weighted by Crippen LogP contribution is -2.01. The van der Waals surface area contributed by atoms with Crippen molar-refractivity contribution in [2.75, 3.05) is 7.11 Å². The lowest BCUT2D eigenvalue weighted by atomic mass is 9.97. The molecule has 6 heteroatoms. The average molecular weight is 375 g/mol. The van der Waals surface area contributed by atoms with Crippen LogP contribution in [0.25, 0.3) is 27.7 Å². The third kappa shape index (κ3) is 3.01. The predicted octanol–water partition coefficient (Wildman–Crippen LogP) is 4.93. The summed E-state index contributed by atoms with van der Waals surface area (Å²) in [4.78, 5) is 8.92. The van der Waals surface area contributed by atoms with Gasteiger partial charge in [-0.3, -0.25) is 4.57 Å². The number of pyridine rings is 1. The first-order valence-corrected chi connectivity index (χ1v) is 8.67. The average Bonchev–Trinajstić information content (AvgIpc) is 3.12. The topological polar surface area (TPSA) is 63.7 Å². The minimum Gasteiger partial charge on any atom is -0.497 e. The van der Waals surface area contributed by atoms with Crippen LogP contribution in [0.15, 0.2) is 55.0 Å². The molecule has 27 heavy (non-hydrogen) atoms. The van der Waals surface area contributed by atoms with E-state index < -0.39 is 0 Å². The number of benzene rings is 2. The Hall–Kier alpha value is -3.36. The minimum absolute atomic E-state index is 0.319. The maximum Gasteiger partial charge on any atom is 0.151 e. The Kier molecular flexibility index (Phi) is 4.27. The first-order chi connectivity index (χ1) is 13.1. The summed E-state index contributed by atoms with van der Waals surface area (Å²) in [5.74, 6) is 1.35. The highest BCUT2D eigenvalue weighted by Gasteiger charge is 2.18. The number of halogens is 1. The fraction of sp³-hybridized carbons (Fsp3) is 0.0952. The lowest BCUT2D eigenvalue weighted by Gasteiger charge is -2.14. The number of methoxy groups -OCH3 is 1. The minimum atomic E-state index is 0.319. The molecule has 5 nitrogen and oxygen atoms in total. The van der Waals surface area contributed by atoms with Crippen LogP contribution >= 0.6 is 11.6 Å². The van der Waals surface area contributed by atoms with Gasteiger partial charge in [-0.1, -0.05) is 23.7 Å². The summed E-state index contributed by atoms with van der Waals surface area (Å²) in [6.07, 6.45) is 3.58. The van der Waals surface area contributed by atoms with Gasteiger partial charge in [0, 0.05) is 22.2 Å². The molecule has 0 aliphatic heterocycles. The molecule has 2 aromatic carbocycles. The zero-order valence-electron chi connectivity index (χ0n) is 14.8. The van der Waals surface area contributed by atoms with Crippen LogP contribution in [0.5, 0.6) is 5.75 Å². The molecule has 4 aromatic rings. The van der Waals surface area contributed by atoms with Crippen molar-refractivity contribution in [2.24, 2.45) is 0 Å². The number of aromatic nitrogens is 3. The summed E-state index contributed by atoms with van der Waals surface area (Å²) in [6, 6.07) is 15.4. The number of imidazole rings is 1. The molecular weight excluding hydrogens is 360 g/mol. The Morgan fingerprint density at radius 2 is 2.00 bits per heavy atom. The molecule has 132 valence electrons. The summed E-state index contributed by atoms with van der Waals surface area (Å²) in [6.45, 7) is 1.91. The van der Waals surface area contributed by atoms with Crippen molar-refractivity contribution < 1.29 is 4.74 Å². The Balaban J connectivity index is 2.13. The van der Waals surface area contributed by atoms with E-state index in [1.807, 2.05) is 54.1 Å². The smallest absolute Gasteiger partial charge is 0.151 e. The molecule has 4 rings (SSSR count). The van der Waals surface area contributed by atoms with Gasteiger partial charge in [0.1, 0.15) is 24.0 Å². The van der Waals surface area contributed by atoms with Crippen LogP contribution in [-0.2, 0) is 0 Å². The maximum atomic E-state index is 9.81. The van der Waals surface area contributed by atoms with Crippen LogP contribution < -0.4 is 4.74 Å². The van der Waals surface area contributed by atoms with Gasteiger partial charge in [-0.05, 0) is 48.2 Å². The van der Waals surface area contributed by atoms with Crippen LogP contribution in [0, 0.1) is 18.3 Å². The molecule has 0 N–H and O–H groups in total. The van der Waals surface area contributed by atoms with E-state index in [4.69, 9.17) is 16.3 Å². The zero-order chi connectivity index (χ0) is 19.0. The van der Waals surface area contributed by atoms with Crippen molar-refractivity contribution in [3.63, 3.8) is 0 Å². The molecule has 0 aliphatic rings. The summed E-state index contributed by atoms with van der Waals surface area (Å²) < 4.78 is 7.24. The molecule has 0 bridgehead atoms. The number of hydrogen-bond acceptors (Lipinski definition) is 4. The molecule has 0 radical (unpaired) electrons. The van der Waals surface area contributed by atoms with E-state index in [1.54, 1.807) is 19.5 Å². The Morgan fingerprint density at radius 3 is 2.67 bits per heavy atom. The van der Waals surface area contributed by atoms with Crippen LogP contribution in [0.1, 0.15) is 11.4 Å². The fourth-order valence-electron chi connectivity index (χ4n) is 3.15. The van der Waals surface area contributed by atoms with Crippen LogP contribution in [0.3, 0.4) is 0 Å². The van der Waals surface area contributed by atoms with Gasteiger partial charge in [0.25, 0.3) is 0 Å². The number of ether oxygens (including phenoxy) is 1. The van der Waals surface area contributed by atoms with Gasteiger partial charge in [-0.15, -0.1) is 0 Å². The Morgan fingerprint density at radius 1 is 1.15 bits per heavy atom. The number of fused-ring (bicyclic) bond motifs is 1. The van der Waals surface area contributed by atoms with Crippen molar-refractivity contribution in [3.8, 4) is 28.8 Å². The second-order valence-electron chi connectivity index (χ2n) is 6.12. The second kappa shape index (κ2) is 6.75. The highest BCUT2D eigenvalue weighted by molar-refractivity contribution is 6.31. The summed E-state index contributed by atoms with van der Waals surface area (Å²) in [5.41, 5.74) is 2.75. The molecule has 0 saturated heterocycles. The maximum absolute atomic E-state index is 9.81. The van der Waals surface area contributed by atoms with E-state index in [1.165, 1.54) is 0 Å². The molecule has 0 aliphatic carbocycles. The third-order valence-electron chi connectivity index (χ3n) is 4.37. The highest BCUT2D eigenvalue weighted by atomic mass is 35.5.